The number of carbonyl (C=O) groups excluding carboxylic acids is 1. The van der Waals surface area contributed by atoms with E-state index < -0.39 is 0 Å². The third-order valence-corrected chi connectivity index (χ3v) is 2.58. The van der Waals surface area contributed by atoms with E-state index in [-0.39, 0.29) is 6.01 Å². The van der Waals surface area contributed by atoms with Crippen LogP contribution in [0, 0.1) is 0 Å². The maximum Gasteiger partial charge on any atom is 0.316 e. The van der Waals surface area contributed by atoms with Crippen LogP contribution in [0.5, 0.6) is 6.01 Å². The summed E-state index contributed by atoms with van der Waals surface area (Å²) in [5.41, 5.74) is 2.01. The van der Waals surface area contributed by atoms with Gasteiger partial charge in [0.05, 0.1) is 7.11 Å². The van der Waals surface area contributed by atoms with Crippen LogP contribution in [0.1, 0.15) is 10.4 Å². The van der Waals surface area contributed by atoms with Crippen LogP contribution in [-0.2, 0) is 0 Å². The number of methoxy groups -OCH3 is 1. The predicted molar refractivity (Wildman–Crippen MR) is 64.4 cm³/mol. The number of benzene rings is 1. The van der Waals surface area contributed by atoms with Gasteiger partial charge in [-0.15, -0.1) is 0 Å². The number of carbonyl (C=O) groups is 1. The van der Waals surface area contributed by atoms with Crippen molar-refractivity contribution in [3.8, 4) is 17.1 Å². The molecule has 0 aliphatic heterocycles. The van der Waals surface area contributed by atoms with Gasteiger partial charge in [0.25, 0.3) is 0 Å². The van der Waals surface area contributed by atoms with Crippen molar-refractivity contribution in [2.45, 2.75) is 0 Å². The third-order valence-electron chi connectivity index (χ3n) is 2.25. The van der Waals surface area contributed by atoms with Crippen molar-refractivity contribution >= 4 is 17.9 Å². The molecule has 0 fully saturated rings. The fraction of sp³-hybridized carbons (Fsp3) is 0.0833. The SMILES string of the molecule is COc1ncc(-c2cc(C=O)ccc2Cl)cn1. The van der Waals surface area contributed by atoms with E-state index in [1.165, 1.54) is 7.11 Å². The highest BCUT2D eigenvalue weighted by molar-refractivity contribution is 6.33. The van der Waals surface area contributed by atoms with Crippen LogP contribution in [0.4, 0.5) is 0 Å². The van der Waals surface area contributed by atoms with E-state index in [1.54, 1.807) is 30.6 Å². The molecule has 0 N–H and O–H groups in total. The van der Waals surface area contributed by atoms with Gasteiger partial charge in [-0.2, -0.15) is 0 Å². The Labute approximate surface area is 103 Å². The van der Waals surface area contributed by atoms with E-state index in [1.807, 2.05) is 0 Å². The Kier molecular flexibility index (Phi) is 3.35. The van der Waals surface area contributed by atoms with Crippen LogP contribution in [0.25, 0.3) is 11.1 Å². The Morgan fingerprint density at radius 3 is 2.59 bits per heavy atom. The second-order valence-electron chi connectivity index (χ2n) is 3.32. The molecular formula is C12H9ClN2O2. The van der Waals surface area contributed by atoms with Gasteiger partial charge in [-0.1, -0.05) is 17.7 Å². The zero-order chi connectivity index (χ0) is 12.3. The lowest BCUT2D eigenvalue weighted by atomic mass is 10.1. The zero-order valence-electron chi connectivity index (χ0n) is 9.05. The molecule has 86 valence electrons. The number of aldehydes is 1. The minimum absolute atomic E-state index is 0.288. The highest BCUT2D eigenvalue weighted by Crippen LogP contribution is 2.27. The van der Waals surface area contributed by atoms with Gasteiger partial charge in [0.15, 0.2) is 0 Å². The molecule has 0 aliphatic carbocycles. The number of rotatable bonds is 3. The molecule has 1 heterocycles. The molecule has 0 aliphatic rings. The smallest absolute Gasteiger partial charge is 0.316 e. The lowest BCUT2D eigenvalue weighted by molar-refractivity contribution is 0.112. The molecule has 17 heavy (non-hydrogen) atoms. The van der Waals surface area contributed by atoms with Crippen LogP contribution in [0.2, 0.25) is 5.02 Å². The summed E-state index contributed by atoms with van der Waals surface area (Å²) in [4.78, 5) is 18.7. The number of ether oxygens (including phenoxy) is 1. The van der Waals surface area contributed by atoms with Crippen LogP contribution in [0.15, 0.2) is 30.6 Å². The molecule has 1 aromatic carbocycles. The lowest BCUT2D eigenvalue weighted by Gasteiger charge is -2.05. The lowest BCUT2D eigenvalue weighted by Crippen LogP contribution is -1.92. The predicted octanol–water partition coefficient (Wildman–Crippen LogP) is 2.62. The number of aromatic nitrogens is 2. The molecule has 1 aromatic heterocycles. The van der Waals surface area contributed by atoms with Crippen LogP contribution in [-0.4, -0.2) is 23.4 Å². The van der Waals surface area contributed by atoms with E-state index in [0.29, 0.717) is 10.6 Å². The molecule has 0 unspecified atom stereocenters. The Morgan fingerprint density at radius 1 is 1.29 bits per heavy atom. The average Bonchev–Trinajstić information content (AvgIpc) is 2.39. The molecule has 2 rings (SSSR count). The first-order valence-electron chi connectivity index (χ1n) is 4.85. The topological polar surface area (TPSA) is 52.1 Å². The van der Waals surface area contributed by atoms with Gasteiger partial charge in [-0.25, -0.2) is 9.97 Å². The molecule has 0 saturated carbocycles. The fourth-order valence-corrected chi connectivity index (χ4v) is 1.62. The third kappa shape index (κ3) is 2.42. The van der Waals surface area contributed by atoms with Crippen molar-refractivity contribution in [3.05, 3.63) is 41.2 Å². The molecule has 0 atom stereocenters. The summed E-state index contributed by atoms with van der Waals surface area (Å²) in [6.07, 6.45) is 3.97. The van der Waals surface area contributed by atoms with Gasteiger partial charge in [0.2, 0.25) is 0 Å². The van der Waals surface area contributed by atoms with Crippen LogP contribution in [0.3, 0.4) is 0 Å². The summed E-state index contributed by atoms with van der Waals surface area (Å²) in [6.45, 7) is 0. The average molecular weight is 249 g/mol. The summed E-state index contributed by atoms with van der Waals surface area (Å²) < 4.78 is 4.87. The Balaban J connectivity index is 2.47. The molecule has 0 bridgehead atoms. The minimum atomic E-state index is 0.288. The van der Waals surface area contributed by atoms with Gasteiger partial charge in [-0.3, -0.25) is 4.79 Å². The maximum atomic E-state index is 10.7. The number of hydrogen-bond acceptors (Lipinski definition) is 4. The summed E-state index contributed by atoms with van der Waals surface area (Å²) in [5, 5.41) is 0.546. The van der Waals surface area contributed by atoms with Gasteiger partial charge in [0, 0.05) is 34.1 Å². The minimum Gasteiger partial charge on any atom is -0.467 e. The molecule has 0 saturated heterocycles. The van der Waals surface area contributed by atoms with Gasteiger partial charge < -0.3 is 4.74 Å². The standard InChI is InChI=1S/C12H9ClN2O2/c1-17-12-14-5-9(6-15-12)10-4-8(7-16)2-3-11(10)13/h2-7H,1H3. The largest absolute Gasteiger partial charge is 0.467 e. The zero-order valence-corrected chi connectivity index (χ0v) is 9.81. The van der Waals surface area contributed by atoms with E-state index in [9.17, 15) is 4.79 Å². The molecule has 2 aromatic rings. The summed E-state index contributed by atoms with van der Waals surface area (Å²) in [6, 6.07) is 5.31. The molecule has 0 radical (unpaired) electrons. The van der Waals surface area contributed by atoms with Crippen molar-refractivity contribution in [3.63, 3.8) is 0 Å². The van der Waals surface area contributed by atoms with E-state index in [0.717, 1.165) is 17.4 Å². The second kappa shape index (κ2) is 4.93. The van der Waals surface area contributed by atoms with Gasteiger partial charge >= 0.3 is 6.01 Å². The second-order valence-corrected chi connectivity index (χ2v) is 3.72. The van der Waals surface area contributed by atoms with Crippen molar-refractivity contribution in [1.82, 2.24) is 9.97 Å². The van der Waals surface area contributed by atoms with Crippen molar-refractivity contribution in [2.75, 3.05) is 7.11 Å². The molecule has 5 heteroatoms. The Bertz CT molecular complexity index is 541. The first-order chi connectivity index (χ1) is 8.24. The van der Waals surface area contributed by atoms with E-state index in [4.69, 9.17) is 16.3 Å². The van der Waals surface area contributed by atoms with Crippen molar-refractivity contribution in [1.29, 1.82) is 0 Å². The van der Waals surface area contributed by atoms with Gasteiger partial charge in [0.1, 0.15) is 6.29 Å². The van der Waals surface area contributed by atoms with Crippen LogP contribution >= 0.6 is 11.6 Å². The first kappa shape index (κ1) is 11.5. The first-order valence-corrected chi connectivity index (χ1v) is 5.23. The normalized spacial score (nSPS) is 10.0. The number of hydrogen-bond donors (Lipinski definition) is 0. The molecule has 0 amide bonds. The molecular weight excluding hydrogens is 240 g/mol. The molecule has 4 nitrogen and oxygen atoms in total. The number of halogens is 1. The molecule has 0 spiro atoms. The number of nitrogens with zero attached hydrogens (tertiary/aromatic N) is 2. The monoisotopic (exact) mass is 248 g/mol. The Hall–Kier alpha value is -1.94. The highest BCUT2D eigenvalue weighted by atomic mass is 35.5. The maximum absolute atomic E-state index is 10.7. The van der Waals surface area contributed by atoms with E-state index >= 15 is 0 Å². The summed E-state index contributed by atoms with van der Waals surface area (Å²) in [5.74, 6) is 0. The summed E-state index contributed by atoms with van der Waals surface area (Å²) in [7, 11) is 1.50. The fourth-order valence-electron chi connectivity index (χ4n) is 1.40. The quantitative estimate of drug-likeness (QED) is 0.784. The summed E-state index contributed by atoms with van der Waals surface area (Å²) >= 11 is 6.06. The van der Waals surface area contributed by atoms with E-state index in [2.05, 4.69) is 9.97 Å². The highest BCUT2D eigenvalue weighted by Gasteiger charge is 2.06. The van der Waals surface area contributed by atoms with Crippen molar-refractivity contribution < 1.29 is 9.53 Å². The van der Waals surface area contributed by atoms with Crippen LogP contribution < -0.4 is 4.74 Å². The van der Waals surface area contributed by atoms with Crippen molar-refractivity contribution in [2.24, 2.45) is 0 Å². The van der Waals surface area contributed by atoms with Gasteiger partial charge in [-0.05, 0) is 12.1 Å². The Morgan fingerprint density at radius 2 is 2.00 bits per heavy atom.